The van der Waals surface area contributed by atoms with Gasteiger partial charge in [-0.15, -0.1) is 22.7 Å². The number of hydrogen-bond donors (Lipinski definition) is 2. The van der Waals surface area contributed by atoms with Crippen molar-refractivity contribution in [1.29, 1.82) is 0 Å². The van der Waals surface area contributed by atoms with Crippen LogP contribution in [0.25, 0.3) is 43.4 Å². The fourth-order valence-electron chi connectivity index (χ4n) is 8.00. The van der Waals surface area contributed by atoms with Gasteiger partial charge in [0.2, 0.25) is 0 Å². The van der Waals surface area contributed by atoms with Gasteiger partial charge in [0.05, 0.1) is 25.6 Å². The first kappa shape index (κ1) is 53.1. The molecule has 0 unspecified atom stereocenters. The third-order valence-corrected chi connectivity index (χ3v) is 14.2. The third kappa shape index (κ3) is 11.3. The summed E-state index contributed by atoms with van der Waals surface area (Å²) in [5, 5.41) is 21.7. The number of rotatable bonds is 10. The molecule has 0 saturated heterocycles. The molecular formula is C52H62F3N5O8S2. The molecule has 2 N–H and O–H groups in total. The molecule has 2 aliphatic rings. The number of hydrogen-bond acceptors (Lipinski definition) is 10. The zero-order valence-corrected chi connectivity index (χ0v) is 43.3. The second kappa shape index (κ2) is 21.0. The standard InChI is InChI=1S/C27H35N3O3S.C23H26N2O3S.C2HF3O2/c1-27(2,3)29(6)26(31)21-16-20(24-9-8-14-34-24)25-19-17-23(33-13-12-28(4)5)22(32-7)15-18(19)10-11-30(21)25;1-23(2,3)24(4)22(27)17-12-16(20-7-6-10-29-20)21-15-13-18(26)19(28-5)11-14(15)8-9-25(17)21;3-2(4,5)1(6)7/h8-9,14-17H,10-13H2,1-7H3;6-7,10-13,26H,8-9H2,1-5H3;(H,6,7). The van der Waals surface area contributed by atoms with Gasteiger partial charge in [-0.1, -0.05) is 12.1 Å². The van der Waals surface area contributed by atoms with Gasteiger partial charge in [0.25, 0.3) is 11.8 Å². The second-order valence-electron chi connectivity index (χ2n) is 19.2. The molecule has 18 heteroatoms. The monoisotopic (exact) mass is 1010 g/mol. The molecule has 0 saturated carbocycles. The van der Waals surface area contributed by atoms with E-state index in [4.69, 9.17) is 24.1 Å². The summed E-state index contributed by atoms with van der Waals surface area (Å²) < 4.78 is 53.1. The van der Waals surface area contributed by atoms with E-state index in [0.717, 1.165) is 92.1 Å². The normalized spacial score (nSPS) is 12.8. The number of aryl methyl sites for hydroxylation is 2. The number of thiophene rings is 2. The Hall–Kier alpha value is -6.24. The molecule has 0 atom stereocenters. The first-order valence-electron chi connectivity index (χ1n) is 22.6. The molecule has 2 aliphatic heterocycles. The first-order valence-corrected chi connectivity index (χ1v) is 24.3. The average molecular weight is 1010 g/mol. The van der Waals surface area contributed by atoms with Gasteiger partial charge < -0.3 is 48.3 Å². The van der Waals surface area contributed by atoms with Crippen molar-refractivity contribution >= 4 is 40.5 Å². The number of phenols is 1. The molecular weight excluding hydrogens is 944 g/mol. The van der Waals surface area contributed by atoms with Gasteiger partial charge in [-0.3, -0.25) is 9.59 Å². The number of amides is 2. The summed E-state index contributed by atoms with van der Waals surface area (Å²) in [6.07, 6.45) is -3.48. The molecule has 0 spiro atoms. The zero-order chi connectivity index (χ0) is 51.6. The van der Waals surface area contributed by atoms with Crippen molar-refractivity contribution in [2.45, 2.75) is 84.7 Å². The maximum atomic E-state index is 13.6. The van der Waals surface area contributed by atoms with Crippen LogP contribution < -0.4 is 14.2 Å². The Kier molecular flexibility index (Phi) is 15.9. The average Bonchev–Trinajstić information content (AvgIpc) is 4.14. The lowest BCUT2D eigenvalue weighted by atomic mass is 9.95. The number of fused-ring (bicyclic) bond motifs is 6. The van der Waals surface area contributed by atoms with Crippen LogP contribution in [-0.4, -0.2) is 125 Å². The molecule has 4 aromatic heterocycles. The highest BCUT2D eigenvalue weighted by Crippen LogP contribution is 2.47. The number of likely N-dealkylation sites (N-methyl/N-ethyl adjacent to an activating group) is 1. The quantitative estimate of drug-likeness (QED) is 0.137. The van der Waals surface area contributed by atoms with E-state index in [-0.39, 0.29) is 28.6 Å². The van der Waals surface area contributed by atoms with Gasteiger partial charge >= 0.3 is 12.1 Å². The smallest absolute Gasteiger partial charge is 0.490 e. The summed E-state index contributed by atoms with van der Waals surface area (Å²) in [6.45, 7) is 15.1. The van der Waals surface area contributed by atoms with Crippen molar-refractivity contribution in [3.8, 4) is 66.4 Å². The maximum absolute atomic E-state index is 13.6. The van der Waals surface area contributed by atoms with E-state index in [0.29, 0.717) is 24.6 Å². The van der Waals surface area contributed by atoms with Gasteiger partial charge in [-0.25, -0.2) is 4.79 Å². The van der Waals surface area contributed by atoms with Crippen molar-refractivity contribution in [3.63, 3.8) is 0 Å². The first-order chi connectivity index (χ1) is 32.8. The fourth-order valence-corrected chi connectivity index (χ4v) is 9.48. The Morgan fingerprint density at radius 2 is 1.09 bits per heavy atom. The van der Waals surface area contributed by atoms with Gasteiger partial charge in [0.1, 0.15) is 18.0 Å². The topological polar surface area (TPSA) is 139 Å². The third-order valence-electron chi connectivity index (χ3n) is 12.4. The Balaban J connectivity index is 0.000000204. The number of carbonyl (C=O) groups excluding carboxylic acids is 2. The van der Waals surface area contributed by atoms with Crippen molar-refractivity contribution < 1.29 is 52.0 Å². The molecule has 2 aromatic carbocycles. The Labute approximate surface area is 415 Å². The predicted octanol–water partition coefficient (Wildman–Crippen LogP) is 10.9. The summed E-state index contributed by atoms with van der Waals surface area (Å²) in [6, 6.07) is 20.2. The molecule has 13 nitrogen and oxygen atoms in total. The number of phenolic OH excluding ortho intramolecular Hbond substituents is 1. The SMILES string of the molecule is COc1cc2c(cc1O)-c1c(-c3cccs3)cc(C(=O)N(C)C(C)(C)C)n1CC2.COc1cc2c(cc1OCCN(C)C)-c1c(-c3cccs3)cc(C(=O)N(C)C(C)(C)C)n1CC2.O=C(O)C(F)(F)F. The molecule has 2 amide bonds. The molecule has 0 aliphatic carbocycles. The fraction of sp³-hybridized carbons (Fsp3) is 0.404. The van der Waals surface area contributed by atoms with E-state index in [2.05, 4.69) is 76.6 Å². The van der Waals surface area contributed by atoms with E-state index in [1.807, 2.05) is 77.4 Å². The Morgan fingerprint density at radius 3 is 1.46 bits per heavy atom. The number of halogens is 3. The highest BCUT2D eigenvalue weighted by atomic mass is 32.1. The zero-order valence-electron chi connectivity index (χ0n) is 41.7. The van der Waals surface area contributed by atoms with Crippen LogP contribution in [0.2, 0.25) is 0 Å². The van der Waals surface area contributed by atoms with Crippen LogP contribution in [0.15, 0.2) is 71.4 Å². The minimum Gasteiger partial charge on any atom is -0.504 e. The predicted molar refractivity (Wildman–Crippen MR) is 270 cm³/mol. The van der Waals surface area contributed by atoms with E-state index in [1.165, 1.54) is 5.56 Å². The lowest BCUT2D eigenvalue weighted by Crippen LogP contribution is -2.43. The molecule has 6 aromatic rings. The van der Waals surface area contributed by atoms with E-state index in [1.54, 1.807) is 47.9 Å². The molecule has 376 valence electrons. The number of nitrogens with zero attached hydrogens (tertiary/aromatic N) is 5. The van der Waals surface area contributed by atoms with Crippen molar-refractivity contribution in [2.24, 2.45) is 0 Å². The molecule has 0 bridgehead atoms. The Morgan fingerprint density at radius 1 is 0.657 bits per heavy atom. The van der Waals surface area contributed by atoms with Crippen molar-refractivity contribution in [2.75, 3.05) is 55.6 Å². The maximum Gasteiger partial charge on any atom is 0.490 e. The number of aliphatic carboxylic acids is 1. The number of aromatic nitrogens is 2. The highest BCUT2D eigenvalue weighted by molar-refractivity contribution is 7.13. The van der Waals surface area contributed by atoms with Crippen LogP contribution in [0.4, 0.5) is 13.2 Å². The number of aromatic hydroxyl groups is 1. The molecule has 0 radical (unpaired) electrons. The molecule has 70 heavy (non-hydrogen) atoms. The van der Waals surface area contributed by atoms with E-state index >= 15 is 0 Å². The number of benzene rings is 2. The lowest BCUT2D eigenvalue weighted by Gasteiger charge is -2.32. The molecule has 0 fully saturated rings. The van der Waals surface area contributed by atoms with Crippen LogP contribution in [0.5, 0.6) is 23.0 Å². The number of carbonyl (C=O) groups is 3. The summed E-state index contributed by atoms with van der Waals surface area (Å²) in [5.74, 6) is -0.650. The van der Waals surface area contributed by atoms with Crippen LogP contribution in [0, 0.1) is 0 Å². The van der Waals surface area contributed by atoms with Crippen LogP contribution in [-0.2, 0) is 30.7 Å². The minimum atomic E-state index is -5.08. The van der Waals surface area contributed by atoms with Gasteiger partial charge in [0, 0.05) is 76.8 Å². The molecule has 8 rings (SSSR count). The van der Waals surface area contributed by atoms with Crippen molar-refractivity contribution in [3.05, 3.63) is 93.9 Å². The number of alkyl halides is 3. The van der Waals surface area contributed by atoms with Gasteiger partial charge in [-0.2, -0.15) is 13.2 Å². The summed E-state index contributed by atoms with van der Waals surface area (Å²) in [7, 11) is 11.0. The van der Waals surface area contributed by atoms with Gasteiger partial charge in [0.15, 0.2) is 23.0 Å². The van der Waals surface area contributed by atoms with Gasteiger partial charge in [-0.05, 0) is 139 Å². The Bertz CT molecular complexity index is 2830. The van der Waals surface area contributed by atoms with Crippen molar-refractivity contribution in [1.82, 2.24) is 23.8 Å². The summed E-state index contributed by atoms with van der Waals surface area (Å²) >= 11 is 3.34. The second-order valence-corrected chi connectivity index (χ2v) is 21.1. The largest absolute Gasteiger partial charge is 0.504 e. The molecule has 6 heterocycles. The summed E-state index contributed by atoms with van der Waals surface area (Å²) in [5.41, 5.74) is 9.43. The van der Waals surface area contributed by atoms with Crippen LogP contribution in [0.3, 0.4) is 0 Å². The van der Waals surface area contributed by atoms with Crippen LogP contribution in [0.1, 0.15) is 73.6 Å². The van der Waals surface area contributed by atoms with E-state index < -0.39 is 12.1 Å². The summed E-state index contributed by atoms with van der Waals surface area (Å²) in [4.78, 5) is 43.8. The number of methoxy groups -OCH3 is 2. The number of ether oxygens (including phenoxy) is 3. The highest BCUT2D eigenvalue weighted by Gasteiger charge is 2.38. The number of carboxylic acids is 1. The minimum absolute atomic E-state index is 0.00254. The lowest BCUT2D eigenvalue weighted by molar-refractivity contribution is -0.192. The van der Waals surface area contributed by atoms with Crippen LogP contribution >= 0.6 is 22.7 Å². The number of carboxylic acid groups (broad SMARTS) is 1. The van der Waals surface area contributed by atoms with E-state index in [9.17, 15) is 27.9 Å².